The lowest BCUT2D eigenvalue weighted by atomic mass is 9.85. The number of hydrogen-bond donors (Lipinski definition) is 2. The van der Waals surface area contributed by atoms with Gasteiger partial charge in [0.2, 0.25) is 0 Å². The van der Waals surface area contributed by atoms with Gasteiger partial charge in [-0.15, -0.1) is 0 Å². The zero-order valence-corrected chi connectivity index (χ0v) is 10.4. The average Bonchev–Trinajstić information content (AvgIpc) is 2.34. The Balaban J connectivity index is 1.88. The van der Waals surface area contributed by atoms with Crippen LogP contribution in [0, 0.1) is 11.6 Å². The van der Waals surface area contributed by atoms with E-state index in [2.05, 4.69) is 5.32 Å². The Bertz CT molecular complexity index is 383. The lowest BCUT2D eigenvalue weighted by molar-refractivity contribution is 0.00456. The molecular formula is C14H19F2NO. The summed E-state index contributed by atoms with van der Waals surface area (Å²) in [6.45, 7) is 0.502. The highest BCUT2D eigenvalue weighted by Crippen LogP contribution is 2.27. The smallest absolute Gasteiger partial charge is 0.130 e. The van der Waals surface area contributed by atoms with Crippen molar-refractivity contribution in [3.63, 3.8) is 0 Å². The summed E-state index contributed by atoms with van der Waals surface area (Å²) in [4.78, 5) is 0. The summed E-state index contributed by atoms with van der Waals surface area (Å²) in [5.74, 6) is -1.09. The second-order valence-corrected chi connectivity index (χ2v) is 5.09. The topological polar surface area (TPSA) is 32.3 Å². The number of nitrogens with one attached hydrogen (secondary N) is 1. The van der Waals surface area contributed by atoms with E-state index in [0.29, 0.717) is 6.54 Å². The average molecular weight is 255 g/mol. The van der Waals surface area contributed by atoms with Crippen LogP contribution in [0.1, 0.15) is 37.7 Å². The maximum atomic E-state index is 13.4. The zero-order chi connectivity index (χ0) is 13.0. The Kier molecular flexibility index (Phi) is 4.30. The van der Waals surface area contributed by atoms with Crippen LogP contribution in [0.15, 0.2) is 18.2 Å². The van der Waals surface area contributed by atoms with Crippen LogP contribution < -0.4 is 5.32 Å². The van der Waals surface area contributed by atoms with Gasteiger partial charge in [-0.3, -0.25) is 0 Å². The molecule has 1 saturated carbocycles. The van der Waals surface area contributed by atoms with Crippen molar-refractivity contribution in [3.8, 4) is 0 Å². The second kappa shape index (κ2) is 5.76. The molecule has 0 radical (unpaired) electrons. The van der Waals surface area contributed by atoms with Gasteiger partial charge < -0.3 is 10.4 Å². The minimum Gasteiger partial charge on any atom is -0.389 e. The van der Waals surface area contributed by atoms with Gasteiger partial charge in [0, 0.05) is 18.7 Å². The molecule has 1 aliphatic carbocycles. The fourth-order valence-corrected chi connectivity index (χ4v) is 2.51. The summed E-state index contributed by atoms with van der Waals surface area (Å²) in [6, 6.07) is 3.84. The van der Waals surface area contributed by atoms with Crippen LogP contribution >= 0.6 is 0 Å². The molecule has 1 aromatic rings. The van der Waals surface area contributed by atoms with Crippen LogP contribution in [-0.4, -0.2) is 17.3 Å². The molecule has 0 spiro atoms. The van der Waals surface area contributed by atoms with E-state index in [4.69, 9.17) is 0 Å². The lowest BCUT2D eigenvalue weighted by Gasteiger charge is -2.32. The molecule has 0 aliphatic heterocycles. The van der Waals surface area contributed by atoms with Gasteiger partial charge in [0.15, 0.2) is 0 Å². The molecule has 100 valence electrons. The largest absolute Gasteiger partial charge is 0.389 e. The third-order valence-electron chi connectivity index (χ3n) is 3.60. The molecule has 0 aromatic heterocycles. The fraction of sp³-hybridized carbons (Fsp3) is 0.571. The predicted octanol–water partition coefficient (Wildman–Crippen LogP) is 2.75. The van der Waals surface area contributed by atoms with Crippen LogP contribution in [0.2, 0.25) is 0 Å². The first kappa shape index (κ1) is 13.4. The highest BCUT2D eigenvalue weighted by Gasteiger charge is 2.28. The molecule has 1 fully saturated rings. The number of aliphatic hydroxyl groups is 1. The van der Waals surface area contributed by atoms with Crippen LogP contribution in [0.4, 0.5) is 8.78 Å². The summed E-state index contributed by atoms with van der Waals surface area (Å²) in [5, 5.41) is 13.2. The summed E-state index contributed by atoms with van der Waals surface area (Å²) >= 11 is 0. The fourth-order valence-electron chi connectivity index (χ4n) is 2.51. The first-order chi connectivity index (χ1) is 8.61. The van der Waals surface area contributed by atoms with Crippen LogP contribution in [0.3, 0.4) is 0 Å². The van der Waals surface area contributed by atoms with E-state index in [1.54, 1.807) is 0 Å². The maximum absolute atomic E-state index is 13.4. The van der Waals surface area contributed by atoms with Crippen LogP contribution in [0.25, 0.3) is 0 Å². The molecule has 1 aromatic carbocycles. The quantitative estimate of drug-likeness (QED) is 0.867. The maximum Gasteiger partial charge on any atom is 0.130 e. The van der Waals surface area contributed by atoms with Crippen molar-refractivity contribution in [1.29, 1.82) is 0 Å². The van der Waals surface area contributed by atoms with Crippen molar-refractivity contribution < 1.29 is 13.9 Å². The summed E-state index contributed by atoms with van der Waals surface area (Å²) in [6.07, 6.45) is 4.72. The van der Waals surface area contributed by atoms with Gasteiger partial charge in [-0.2, -0.15) is 0 Å². The van der Waals surface area contributed by atoms with E-state index < -0.39 is 17.2 Å². The Morgan fingerprint density at radius 1 is 1.11 bits per heavy atom. The predicted molar refractivity (Wildman–Crippen MR) is 66.1 cm³/mol. The second-order valence-electron chi connectivity index (χ2n) is 5.09. The van der Waals surface area contributed by atoms with Gasteiger partial charge >= 0.3 is 0 Å². The Labute approximate surface area is 106 Å². The molecule has 1 aliphatic rings. The highest BCUT2D eigenvalue weighted by molar-refractivity contribution is 5.19. The molecule has 0 heterocycles. The van der Waals surface area contributed by atoms with Crippen molar-refractivity contribution >= 4 is 0 Å². The van der Waals surface area contributed by atoms with E-state index in [1.165, 1.54) is 18.2 Å². The first-order valence-corrected chi connectivity index (χ1v) is 6.47. The van der Waals surface area contributed by atoms with Gasteiger partial charge in [-0.1, -0.05) is 25.3 Å². The van der Waals surface area contributed by atoms with E-state index in [-0.39, 0.29) is 12.1 Å². The molecule has 0 saturated heterocycles. The zero-order valence-electron chi connectivity index (χ0n) is 10.4. The van der Waals surface area contributed by atoms with Gasteiger partial charge in [-0.25, -0.2) is 8.78 Å². The van der Waals surface area contributed by atoms with E-state index >= 15 is 0 Å². The van der Waals surface area contributed by atoms with Gasteiger partial charge in [0.1, 0.15) is 11.6 Å². The molecule has 0 atom stereocenters. The lowest BCUT2D eigenvalue weighted by Crippen LogP contribution is -2.42. The number of hydrogen-bond acceptors (Lipinski definition) is 2. The molecule has 0 amide bonds. The summed E-state index contributed by atoms with van der Waals surface area (Å²) in [5.41, 5.74) is -0.670. The van der Waals surface area contributed by atoms with Crippen molar-refractivity contribution in [2.24, 2.45) is 0 Å². The van der Waals surface area contributed by atoms with Gasteiger partial charge in [0.05, 0.1) is 5.60 Å². The van der Waals surface area contributed by atoms with Gasteiger partial charge in [0.25, 0.3) is 0 Å². The number of rotatable bonds is 4. The molecule has 0 unspecified atom stereocenters. The molecule has 2 nitrogen and oxygen atoms in total. The number of halogens is 2. The summed E-state index contributed by atoms with van der Waals surface area (Å²) < 4.78 is 26.7. The van der Waals surface area contributed by atoms with Crippen molar-refractivity contribution in [1.82, 2.24) is 5.32 Å². The third-order valence-corrected chi connectivity index (χ3v) is 3.60. The van der Waals surface area contributed by atoms with Gasteiger partial charge in [-0.05, 0) is 25.0 Å². The first-order valence-electron chi connectivity index (χ1n) is 6.47. The van der Waals surface area contributed by atoms with E-state index in [0.717, 1.165) is 32.1 Å². The molecule has 4 heteroatoms. The Hall–Kier alpha value is -1.00. The molecule has 2 rings (SSSR count). The van der Waals surface area contributed by atoms with Crippen LogP contribution in [0.5, 0.6) is 0 Å². The van der Waals surface area contributed by atoms with Crippen molar-refractivity contribution in [2.45, 2.75) is 44.2 Å². The monoisotopic (exact) mass is 255 g/mol. The van der Waals surface area contributed by atoms with Crippen molar-refractivity contribution in [3.05, 3.63) is 35.4 Å². The van der Waals surface area contributed by atoms with E-state index in [9.17, 15) is 13.9 Å². The van der Waals surface area contributed by atoms with Crippen LogP contribution in [-0.2, 0) is 6.54 Å². The molecular weight excluding hydrogens is 236 g/mol. The SMILES string of the molecule is OC1(CNCc2c(F)cccc2F)CCCCC1. The summed E-state index contributed by atoms with van der Waals surface area (Å²) in [7, 11) is 0. The number of benzene rings is 1. The normalized spacial score (nSPS) is 18.8. The van der Waals surface area contributed by atoms with Crippen molar-refractivity contribution in [2.75, 3.05) is 6.54 Å². The minimum absolute atomic E-state index is 0.0388. The minimum atomic E-state index is -0.708. The Morgan fingerprint density at radius 2 is 1.72 bits per heavy atom. The third kappa shape index (κ3) is 3.27. The van der Waals surface area contributed by atoms with E-state index in [1.807, 2.05) is 0 Å². The highest BCUT2D eigenvalue weighted by atomic mass is 19.1. The molecule has 0 bridgehead atoms. The molecule has 2 N–H and O–H groups in total. The Morgan fingerprint density at radius 3 is 2.33 bits per heavy atom. The molecule has 18 heavy (non-hydrogen) atoms. The standard InChI is InChI=1S/C14H19F2NO/c15-12-5-4-6-13(16)11(12)9-17-10-14(18)7-2-1-3-8-14/h4-6,17-18H,1-3,7-10H2.